The predicted molar refractivity (Wildman–Crippen MR) is 276 cm³/mol. The Bertz CT molecular complexity index is 1210. The van der Waals surface area contributed by atoms with Crippen LogP contribution in [-0.4, -0.2) is 82.5 Å². The molecule has 398 valence electrons. The van der Waals surface area contributed by atoms with Gasteiger partial charge in [-0.25, -0.2) is 0 Å². The molecule has 0 aromatic heterocycles. The van der Waals surface area contributed by atoms with Crippen molar-refractivity contribution in [2.75, 3.05) is 52.9 Å². The first-order chi connectivity index (χ1) is 33.5. The molecule has 1 aromatic carbocycles. The van der Waals surface area contributed by atoms with Gasteiger partial charge in [0.1, 0.15) is 11.5 Å². The molecule has 0 saturated carbocycles. The number of unbranched alkanes of at least 4 members (excludes halogenated alkanes) is 24. The lowest BCUT2D eigenvalue weighted by Crippen LogP contribution is -2.21. The van der Waals surface area contributed by atoms with Crippen LogP contribution in [0.15, 0.2) is 18.2 Å². The average molecular weight is 965 g/mol. The number of benzene rings is 1. The number of carbonyl (C=O) groups excluding carboxylic acids is 2. The van der Waals surface area contributed by atoms with Crippen molar-refractivity contribution in [2.45, 2.75) is 265 Å². The van der Waals surface area contributed by atoms with Crippen molar-refractivity contribution in [3.8, 4) is 11.5 Å². The Morgan fingerprint density at radius 2 is 0.735 bits per heavy atom. The Balaban J connectivity index is 2.26. The Morgan fingerprint density at radius 1 is 0.412 bits per heavy atom. The van der Waals surface area contributed by atoms with Crippen LogP contribution >= 0.6 is 0 Å². The molecular weight excluding hydrogens is 861 g/mol. The van der Waals surface area contributed by atoms with Gasteiger partial charge in [0.05, 0.1) is 45.9 Å². The molecule has 68 heavy (non-hydrogen) atoms. The molecule has 0 bridgehead atoms. The van der Waals surface area contributed by atoms with E-state index < -0.39 is 0 Å². The fraction of sp³-hybridized carbons (Fsp3) is 0.860. The molecule has 1 N–H and O–H groups in total. The summed E-state index contributed by atoms with van der Waals surface area (Å²) in [7, 11) is 0. The van der Waals surface area contributed by atoms with Gasteiger partial charge >= 0.3 is 11.9 Å². The molecule has 1 aromatic rings. The van der Waals surface area contributed by atoms with Gasteiger partial charge in [0.15, 0.2) is 12.6 Å². The van der Waals surface area contributed by atoms with Crippen LogP contribution in [0.25, 0.3) is 0 Å². The molecule has 0 aliphatic rings. The summed E-state index contributed by atoms with van der Waals surface area (Å²) in [5.74, 6) is 0.903. The monoisotopic (exact) mass is 965 g/mol. The van der Waals surface area contributed by atoms with Crippen molar-refractivity contribution in [3.63, 3.8) is 0 Å². The fourth-order valence-electron chi connectivity index (χ4n) is 7.85. The van der Waals surface area contributed by atoms with E-state index >= 15 is 0 Å². The summed E-state index contributed by atoms with van der Waals surface area (Å²) >= 11 is 0. The second kappa shape index (κ2) is 49.5. The molecule has 0 radical (unpaired) electrons. The number of esters is 2. The highest BCUT2D eigenvalue weighted by atomic mass is 16.7. The van der Waals surface area contributed by atoms with E-state index in [0.29, 0.717) is 82.8 Å². The van der Waals surface area contributed by atoms with Crippen molar-refractivity contribution >= 4 is 11.9 Å². The van der Waals surface area contributed by atoms with Gasteiger partial charge in [-0.3, -0.25) is 9.59 Å². The molecule has 0 saturated heterocycles. The standard InChI is InChI=1S/C57H104O11/c1-5-9-13-17-21-27-45-65-56(66-46-28-22-18-14-10-6-2)39-37-54(59)63-43-33-25-31-41-61-52-35-36-53(51(49-52)50-58)62-42-32-26-34-44-64-55(60)38-40-57(67-47-29-23-19-15-11-7-3)68-48-30-24-20-16-12-8-4/h35-36,49,56-58H,5-34,37-48,50H2,1-4H3. The SMILES string of the molecule is CCCCCCCCOC(CCC(=O)OCCCCCOc1ccc(OCCCCCOC(=O)CCC(OCCCCCCCC)OCCCCCCCC)c(CO)c1)OCCCCCCCC. The van der Waals surface area contributed by atoms with Gasteiger partial charge in [0.2, 0.25) is 0 Å². The first-order valence-corrected chi connectivity index (χ1v) is 28.2. The molecule has 0 aliphatic carbocycles. The smallest absolute Gasteiger partial charge is 0.305 e. The first kappa shape index (κ1) is 63.6. The third-order valence-corrected chi connectivity index (χ3v) is 12.2. The summed E-state index contributed by atoms with van der Waals surface area (Å²) < 4.78 is 47.3. The van der Waals surface area contributed by atoms with Gasteiger partial charge in [-0.05, 0) is 82.4 Å². The van der Waals surface area contributed by atoms with Crippen LogP contribution in [0.4, 0.5) is 0 Å². The lowest BCUT2D eigenvalue weighted by Gasteiger charge is -2.18. The summed E-state index contributed by atoms with van der Waals surface area (Å²) in [6.07, 6.45) is 34.8. The zero-order valence-electron chi connectivity index (χ0n) is 44.3. The number of carbonyl (C=O) groups is 2. The summed E-state index contributed by atoms with van der Waals surface area (Å²) in [5, 5.41) is 10.0. The summed E-state index contributed by atoms with van der Waals surface area (Å²) in [5.41, 5.74) is 0.677. The second-order valence-electron chi connectivity index (χ2n) is 18.7. The Hall–Kier alpha value is -2.44. The summed E-state index contributed by atoms with van der Waals surface area (Å²) in [4.78, 5) is 25.1. The van der Waals surface area contributed by atoms with E-state index in [-0.39, 0.29) is 44.0 Å². The van der Waals surface area contributed by atoms with Crippen molar-refractivity contribution in [1.82, 2.24) is 0 Å². The minimum atomic E-state index is -0.360. The largest absolute Gasteiger partial charge is 0.494 e. The first-order valence-electron chi connectivity index (χ1n) is 28.2. The van der Waals surface area contributed by atoms with E-state index in [9.17, 15) is 14.7 Å². The molecule has 11 nitrogen and oxygen atoms in total. The normalized spacial score (nSPS) is 11.5. The number of ether oxygens (including phenoxy) is 8. The predicted octanol–water partition coefficient (Wildman–Crippen LogP) is 15.1. The fourth-order valence-corrected chi connectivity index (χ4v) is 7.85. The minimum absolute atomic E-state index is 0.153. The van der Waals surface area contributed by atoms with Crippen LogP contribution < -0.4 is 9.47 Å². The van der Waals surface area contributed by atoms with Gasteiger partial charge in [0.25, 0.3) is 0 Å². The van der Waals surface area contributed by atoms with E-state index in [1.165, 1.54) is 128 Å². The van der Waals surface area contributed by atoms with Crippen molar-refractivity contribution < 1.29 is 52.6 Å². The Labute approximate surface area is 416 Å². The Kier molecular flexibility index (Phi) is 46.3. The van der Waals surface area contributed by atoms with Gasteiger partial charge < -0.3 is 43.0 Å². The molecule has 0 aliphatic heterocycles. The molecule has 0 spiro atoms. The van der Waals surface area contributed by atoms with Gasteiger partial charge in [-0.1, -0.05) is 156 Å². The van der Waals surface area contributed by atoms with Gasteiger partial charge in [0, 0.05) is 44.8 Å². The quantitative estimate of drug-likeness (QED) is 0.0381. The maximum Gasteiger partial charge on any atom is 0.305 e. The van der Waals surface area contributed by atoms with E-state index in [4.69, 9.17) is 37.9 Å². The lowest BCUT2D eigenvalue weighted by atomic mass is 10.1. The van der Waals surface area contributed by atoms with Crippen LogP contribution in [0.5, 0.6) is 11.5 Å². The minimum Gasteiger partial charge on any atom is -0.494 e. The van der Waals surface area contributed by atoms with E-state index in [0.717, 1.165) is 64.2 Å². The van der Waals surface area contributed by atoms with E-state index in [1.807, 2.05) is 18.2 Å². The average Bonchev–Trinajstić information content (AvgIpc) is 3.35. The van der Waals surface area contributed by atoms with Crippen molar-refractivity contribution in [1.29, 1.82) is 0 Å². The van der Waals surface area contributed by atoms with E-state index in [2.05, 4.69) is 27.7 Å². The van der Waals surface area contributed by atoms with Crippen molar-refractivity contribution in [2.24, 2.45) is 0 Å². The third-order valence-electron chi connectivity index (χ3n) is 12.2. The Morgan fingerprint density at radius 3 is 1.12 bits per heavy atom. The number of rotatable bonds is 53. The van der Waals surface area contributed by atoms with Gasteiger partial charge in [-0.15, -0.1) is 0 Å². The zero-order valence-corrected chi connectivity index (χ0v) is 44.3. The molecule has 0 amide bonds. The van der Waals surface area contributed by atoms with Crippen molar-refractivity contribution in [3.05, 3.63) is 23.8 Å². The molecular formula is C57H104O11. The molecule has 0 heterocycles. The van der Waals surface area contributed by atoms with Gasteiger partial charge in [-0.2, -0.15) is 0 Å². The highest BCUT2D eigenvalue weighted by Crippen LogP contribution is 2.25. The maximum atomic E-state index is 12.5. The number of aliphatic hydroxyl groups excluding tert-OH is 1. The highest BCUT2D eigenvalue weighted by Gasteiger charge is 2.15. The topological polar surface area (TPSA) is 128 Å². The molecule has 0 atom stereocenters. The zero-order chi connectivity index (χ0) is 49.2. The van der Waals surface area contributed by atoms with Crippen LogP contribution in [0.2, 0.25) is 0 Å². The molecule has 11 heteroatoms. The molecule has 0 fully saturated rings. The maximum absolute atomic E-state index is 12.5. The van der Waals surface area contributed by atoms with Crippen LogP contribution in [-0.2, 0) is 44.6 Å². The summed E-state index contributed by atoms with van der Waals surface area (Å²) in [6, 6.07) is 5.53. The lowest BCUT2D eigenvalue weighted by molar-refractivity contribution is -0.159. The number of hydrogen-bond donors (Lipinski definition) is 1. The highest BCUT2D eigenvalue weighted by molar-refractivity contribution is 5.69. The summed E-state index contributed by atoms with van der Waals surface area (Å²) in [6.45, 7) is 13.2. The van der Waals surface area contributed by atoms with E-state index in [1.54, 1.807) is 0 Å². The number of aliphatic hydroxyl groups is 1. The van der Waals surface area contributed by atoms with Crippen LogP contribution in [0.3, 0.4) is 0 Å². The second-order valence-corrected chi connectivity index (χ2v) is 18.7. The number of hydrogen-bond acceptors (Lipinski definition) is 11. The van der Waals surface area contributed by atoms with Crippen LogP contribution in [0, 0.1) is 0 Å². The van der Waals surface area contributed by atoms with Crippen LogP contribution in [0.1, 0.15) is 252 Å². The molecule has 1 rings (SSSR count). The third kappa shape index (κ3) is 40.3. The molecule has 0 unspecified atom stereocenters.